The highest BCUT2D eigenvalue weighted by molar-refractivity contribution is 7.88. The summed E-state index contributed by atoms with van der Waals surface area (Å²) in [6.45, 7) is 0. The van der Waals surface area contributed by atoms with E-state index < -0.39 is 46.1 Å². The maximum absolute atomic E-state index is 13.0. The summed E-state index contributed by atoms with van der Waals surface area (Å²) in [4.78, 5) is 0. The summed E-state index contributed by atoms with van der Waals surface area (Å²) in [6, 6.07) is 3.58. The zero-order chi connectivity index (χ0) is 25.8. The van der Waals surface area contributed by atoms with Crippen LogP contribution < -0.4 is 12.5 Å². The minimum atomic E-state index is -4.10. The van der Waals surface area contributed by atoms with Gasteiger partial charge >= 0.3 is 30.4 Å². The van der Waals surface area contributed by atoms with Gasteiger partial charge in [0, 0.05) is 6.07 Å². The van der Waals surface area contributed by atoms with Crippen molar-refractivity contribution in [1.29, 1.82) is 0 Å². The van der Waals surface area contributed by atoms with Gasteiger partial charge in [0.05, 0.1) is 15.7 Å². The van der Waals surface area contributed by atoms with E-state index in [0.717, 1.165) is 63.9 Å². The number of rotatable bonds is 9. The van der Waals surface area contributed by atoms with Crippen LogP contribution in [0.5, 0.6) is 17.2 Å². The molecule has 3 aliphatic carbocycles. The van der Waals surface area contributed by atoms with E-state index in [1.165, 1.54) is 12.1 Å². The molecule has 0 radical (unpaired) electrons. The van der Waals surface area contributed by atoms with E-state index in [4.69, 9.17) is 12.5 Å². The van der Waals surface area contributed by atoms with Crippen LogP contribution in [0.15, 0.2) is 18.2 Å². The molecule has 0 heterocycles. The van der Waals surface area contributed by atoms with Crippen molar-refractivity contribution >= 4 is 30.4 Å². The molecule has 0 atom stereocenters. The van der Waals surface area contributed by atoms with Crippen molar-refractivity contribution in [3.63, 3.8) is 0 Å². The number of hydrogen-bond acceptors (Lipinski definition) is 9. The molecule has 0 unspecified atom stereocenters. The molecule has 3 fully saturated rings. The van der Waals surface area contributed by atoms with Crippen LogP contribution >= 0.6 is 0 Å². The van der Waals surface area contributed by atoms with Crippen LogP contribution in [0, 0.1) is 0 Å². The summed E-state index contributed by atoms with van der Waals surface area (Å²) >= 11 is 0. The summed E-state index contributed by atoms with van der Waals surface area (Å²) in [5.41, 5.74) is 0. The Hall–Kier alpha value is -1.53. The minimum Gasteiger partial charge on any atom is -0.382 e. The molecular weight excluding hydrogens is 528 g/mol. The first-order valence-electron chi connectivity index (χ1n) is 13.0. The molecule has 9 nitrogen and oxygen atoms in total. The Bertz CT molecular complexity index is 1210. The quantitative estimate of drug-likeness (QED) is 0.388. The zero-order valence-electron chi connectivity index (χ0n) is 20.5. The second kappa shape index (κ2) is 11.5. The molecule has 36 heavy (non-hydrogen) atoms. The maximum Gasteiger partial charge on any atom is 0.312 e. The van der Waals surface area contributed by atoms with Crippen molar-refractivity contribution in [2.75, 3.05) is 0 Å². The van der Waals surface area contributed by atoms with Gasteiger partial charge in [-0.05, 0) is 50.7 Å². The highest BCUT2D eigenvalue weighted by atomic mass is 32.2. The SMILES string of the molecule is O=S(=O)(Oc1ccc(OS(=O)(=O)C2CCCCC2)c(OS(=O)(=O)C2CCCCC2)c1)C1CCCCC1. The Morgan fingerprint density at radius 2 is 0.833 bits per heavy atom. The molecule has 0 N–H and O–H groups in total. The van der Waals surface area contributed by atoms with Crippen molar-refractivity contribution < 1.29 is 37.8 Å². The molecule has 12 heteroatoms. The van der Waals surface area contributed by atoms with E-state index in [-0.39, 0.29) is 17.2 Å². The van der Waals surface area contributed by atoms with Gasteiger partial charge in [0.2, 0.25) is 0 Å². The molecule has 0 aromatic heterocycles. The van der Waals surface area contributed by atoms with Crippen molar-refractivity contribution in [3.8, 4) is 17.2 Å². The lowest BCUT2D eigenvalue weighted by molar-refractivity contribution is 0.404. The summed E-state index contributed by atoms with van der Waals surface area (Å²) in [7, 11) is -12.1. The monoisotopic (exact) mass is 564 g/mol. The van der Waals surface area contributed by atoms with Gasteiger partial charge < -0.3 is 12.5 Å². The largest absolute Gasteiger partial charge is 0.382 e. The van der Waals surface area contributed by atoms with Crippen LogP contribution in [0.4, 0.5) is 0 Å². The predicted octanol–water partition coefficient (Wildman–Crippen LogP) is 4.81. The first-order chi connectivity index (χ1) is 17.1. The molecule has 0 spiro atoms. The van der Waals surface area contributed by atoms with Crippen molar-refractivity contribution in [2.45, 2.75) is 112 Å². The lowest BCUT2D eigenvalue weighted by atomic mass is 10.0. The molecule has 0 saturated heterocycles. The first-order valence-corrected chi connectivity index (χ1v) is 17.4. The Morgan fingerprint density at radius 3 is 1.25 bits per heavy atom. The predicted molar refractivity (Wildman–Crippen MR) is 136 cm³/mol. The van der Waals surface area contributed by atoms with Crippen molar-refractivity contribution in [1.82, 2.24) is 0 Å². The number of benzene rings is 1. The first kappa shape index (κ1) is 27.5. The molecule has 1 aromatic carbocycles. The zero-order valence-corrected chi connectivity index (χ0v) is 22.9. The smallest absolute Gasteiger partial charge is 0.312 e. The summed E-state index contributed by atoms with van der Waals surface area (Å²) < 4.78 is 93.7. The summed E-state index contributed by atoms with van der Waals surface area (Å²) in [5, 5.41) is -2.04. The van der Waals surface area contributed by atoms with Gasteiger partial charge in [0.25, 0.3) is 0 Å². The van der Waals surface area contributed by atoms with Crippen LogP contribution in [0.25, 0.3) is 0 Å². The van der Waals surface area contributed by atoms with Crippen LogP contribution in [0.1, 0.15) is 96.3 Å². The standard InChI is InChI=1S/C24H36O9S3/c25-34(26,20-10-4-1-5-11-20)31-19-16-17-23(32-35(27,28)21-12-6-2-7-13-21)24(18-19)33-36(29,30)22-14-8-3-9-15-22/h16-18,20-22H,1-15H2. The van der Waals surface area contributed by atoms with Crippen molar-refractivity contribution in [3.05, 3.63) is 18.2 Å². The fourth-order valence-electron chi connectivity index (χ4n) is 5.32. The van der Waals surface area contributed by atoms with E-state index >= 15 is 0 Å². The molecular formula is C24H36O9S3. The third-order valence-corrected chi connectivity index (χ3v) is 12.5. The highest BCUT2D eigenvalue weighted by Crippen LogP contribution is 2.38. The fourth-order valence-corrected chi connectivity index (χ4v) is 9.60. The van der Waals surface area contributed by atoms with Gasteiger partial charge in [-0.3, -0.25) is 0 Å². The van der Waals surface area contributed by atoms with Gasteiger partial charge in [0.15, 0.2) is 11.5 Å². The average molecular weight is 565 g/mol. The Kier molecular flexibility index (Phi) is 8.76. The van der Waals surface area contributed by atoms with Crippen LogP contribution in [0.2, 0.25) is 0 Å². The van der Waals surface area contributed by atoms with Gasteiger partial charge in [-0.1, -0.05) is 57.8 Å². The van der Waals surface area contributed by atoms with E-state index in [2.05, 4.69) is 0 Å². The lowest BCUT2D eigenvalue weighted by Crippen LogP contribution is -2.30. The topological polar surface area (TPSA) is 130 Å². The Balaban J connectivity index is 1.62. The maximum atomic E-state index is 13.0. The van der Waals surface area contributed by atoms with E-state index in [0.29, 0.717) is 38.5 Å². The average Bonchev–Trinajstić information content (AvgIpc) is 2.87. The van der Waals surface area contributed by atoms with E-state index in [9.17, 15) is 25.3 Å². The van der Waals surface area contributed by atoms with E-state index in [1.807, 2.05) is 0 Å². The highest BCUT2D eigenvalue weighted by Gasteiger charge is 2.34. The molecule has 0 amide bonds. The normalized spacial score (nSPS) is 21.7. The fraction of sp³-hybridized carbons (Fsp3) is 0.750. The molecule has 3 aliphatic rings. The van der Waals surface area contributed by atoms with Crippen LogP contribution in [-0.4, -0.2) is 41.0 Å². The molecule has 204 valence electrons. The van der Waals surface area contributed by atoms with Gasteiger partial charge in [0.1, 0.15) is 5.75 Å². The Labute approximate surface area is 215 Å². The van der Waals surface area contributed by atoms with Crippen LogP contribution in [0.3, 0.4) is 0 Å². The molecule has 0 bridgehead atoms. The van der Waals surface area contributed by atoms with Gasteiger partial charge in [-0.25, -0.2) is 0 Å². The third-order valence-electron chi connectivity index (χ3n) is 7.42. The lowest BCUT2D eigenvalue weighted by Gasteiger charge is -2.24. The van der Waals surface area contributed by atoms with Crippen LogP contribution in [-0.2, 0) is 30.4 Å². The third kappa shape index (κ3) is 6.86. The molecule has 0 aliphatic heterocycles. The van der Waals surface area contributed by atoms with E-state index in [1.54, 1.807) is 0 Å². The van der Waals surface area contributed by atoms with Crippen molar-refractivity contribution in [2.24, 2.45) is 0 Å². The van der Waals surface area contributed by atoms with Gasteiger partial charge in [-0.15, -0.1) is 0 Å². The second-order valence-electron chi connectivity index (χ2n) is 10.1. The summed E-state index contributed by atoms with van der Waals surface area (Å²) in [5.74, 6) is -0.810. The van der Waals surface area contributed by atoms with Gasteiger partial charge in [-0.2, -0.15) is 25.3 Å². The second-order valence-corrected chi connectivity index (χ2v) is 15.6. The number of hydrogen-bond donors (Lipinski definition) is 0. The Morgan fingerprint density at radius 1 is 0.472 bits per heavy atom. The molecule has 1 aromatic rings. The minimum absolute atomic E-state index is 0.142. The molecule has 4 rings (SSSR count). The summed E-state index contributed by atoms with van der Waals surface area (Å²) in [6.07, 6.45) is 10.4. The molecule has 3 saturated carbocycles.